The van der Waals surface area contributed by atoms with Crippen LogP contribution in [-0.2, 0) is 6.54 Å². The molecule has 2 aromatic heterocycles. The van der Waals surface area contributed by atoms with Crippen LogP contribution in [0.4, 0.5) is 0 Å². The summed E-state index contributed by atoms with van der Waals surface area (Å²) in [5, 5.41) is 11.3. The summed E-state index contributed by atoms with van der Waals surface area (Å²) >= 11 is 0. The molecule has 0 spiro atoms. The van der Waals surface area contributed by atoms with Gasteiger partial charge < -0.3 is 10.3 Å². The molecule has 1 aliphatic rings. The Bertz CT molecular complexity index is 701. The largest absolute Gasteiger partial charge is 0.355 e. The lowest BCUT2D eigenvalue weighted by molar-refractivity contribution is 0.338. The highest BCUT2D eigenvalue weighted by Crippen LogP contribution is 2.28. The minimum absolute atomic E-state index is 0.343. The zero-order valence-corrected chi connectivity index (χ0v) is 11.6. The number of hydrazone groups is 1. The highest BCUT2D eigenvalue weighted by atomic mass is 16.5. The number of pyridine rings is 1. The van der Waals surface area contributed by atoms with Gasteiger partial charge in [0.25, 0.3) is 0 Å². The van der Waals surface area contributed by atoms with E-state index in [0.717, 1.165) is 46.6 Å². The third-order valence-electron chi connectivity index (χ3n) is 3.51. The van der Waals surface area contributed by atoms with E-state index < -0.39 is 0 Å². The van der Waals surface area contributed by atoms with Crippen molar-refractivity contribution >= 4 is 22.8 Å². The quantitative estimate of drug-likeness (QED) is 0.918. The molecule has 0 atom stereocenters. The van der Waals surface area contributed by atoms with Gasteiger partial charge in [0, 0.05) is 30.4 Å². The van der Waals surface area contributed by atoms with Crippen LogP contribution >= 0.6 is 0 Å². The van der Waals surface area contributed by atoms with Crippen molar-refractivity contribution in [2.75, 3.05) is 13.1 Å². The van der Waals surface area contributed by atoms with Crippen LogP contribution in [0.1, 0.15) is 23.9 Å². The van der Waals surface area contributed by atoms with Crippen molar-refractivity contribution in [1.82, 2.24) is 15.1 Å². The van der Waals surface area contributed by atoms with Crippen molar-refractivity contribution in [3.63, 3.8) is 0 Å². The van der Waals surface area contributed by atoms with Gasteiger partial charge in [0.2, 0.25) is 0 Å². The summed E-state index contributed by atoms with van der Waals surface area (Å²) in [6.07, 6.45) is 5.76. The highest BCUT2D eigenvalue weighted by molar-refractivity contribution is 6.14. The van der Waals surface area contributed by atoms with Crippen LogP contribution in [0, 0.1) is 6.92 Å². The second-order valence-corrected chi connectivity index (χ2v) is 4.70. The third kappa shape index (κ3) is 1.98. The maximum Gasteiger partial charge on any atom is 0.178 e. The molecule has 0 aromatic carbocycles. The Kier molecular flexibility index (Phi) is 3.23. The van der Waals surface area contributed by atoms with Crippen molar-refractivity contribution in [3.05, 3.63) is 29.2 Å². The number of nitrogens with two attached hydrogens (primary N) is 1. The lowest BCUT2D eigenvalue weighted by atomic mass is 10.0. The Balaban J connectivity index is 2.10. The Hall–Kier alpha value is -2.21. The first-order valence-electron chi connectivity index (χ1n) is 6.68. The Labute approximate surface area is 116 Å². The Morgan fingerprint density at radius 1 is 1.45 bits per heavy atom. The molecular formula is C14H17N5O. The third-order valence-corrected chi connectivity index (χ3v) is 3.51. The van der Waals surface area contributed by atoms with E-state index in [4.69, 9.17) is 10.3 Å². The molecule has 0 unspecified atom stereocenters. The number of aromatic nitrogens is 2. The summed E-state index contributed by atoms with van der Waals surface area (Å²) < 4.78 is 5.47. The molecule has 1 aliphatic heterocycles. The topological polar surface area (TPSA) is 80.5 Å². The van der Waals surface area contributed by atoms with Crippen LogP contribution in [0.2, 0.25) is 0 Å². The molecule has 3 heterocycles. The summed E-state index contributed by atoms with van der Waals surface area (Å²) in [6.45, 7) is 6.03. The summed E-state index contributed by atoms with van der Waals surface area (Å²) in [4.78, 5) is 4.43. The van der Waals surface area contributed by atoms with E-state index in [1.807, 2.05) is 24.3 Å². The van der Waals surface area contributed by atoms with Gasteiger partial charge in [0.15, 0.2) is 5.58 Å². The monoisotopic (exact) mass is 271 g/mol. The molecular weight excluding hydrogens is 254 g/mol. The first-order chi connectivity index (χ1) is 9.74. The van der Waals surface area contributed by atoms with Gasteiger partial charge in [-0.1, -0.05) is 11.2 Å². The SMILES string of the molecule is CCN1CC=C(c2cnc(C)c3c(CN)noc23)C=N1. The molecule has 0 saturated heterocycles. The van der Waals surface area contributed by atoms with E-state index in [1.165, 1.54) is 0 Å². The smallest absolute Gasteiger partial charge is 0.178 e. The lowest BCUT2D eigenvalue weighted by Crippen LogP contribution is -2.20. The average molecular weight is 271 g/mol. The first kappa shape index (κ1) is 12.8. The molecule has 0 aliphatic carbocycles. The van der Waals surface area contributed by atoms with Crippen molar-refractivity contribution in [3.8, 4) is 0 Å². The van der Waals surface area contributed by atoms with Gasteiger partial charge in [-0.05, 0) is 13.8 Å². The second-order valence-electron chi connectivity index (χ2n) is 4.70. The summed E-state index contributed by atoms with van der Waals surface area (Å²) in [6, 6.07) is 0. The van der Waals surface area contributed by atoms with Gasteiger partial charge in [-0.15, -0.1) is 0 Å². The van der Waals surface area contributed by atoms with Crippen LogP contribution in [0.25, 0.3) is 16.5 Å². The van der Waals surface area contributed by atoms with Gasteiger partial charge in [0.05, 0.1) is 23.8 Å². The van der Waals surface area contributed by atoms with Crippen LogP contribution in [-0.4, -0.2) is 34.5 Å². The maximum atomic E-state index is 5.70. The molecule has 2 aromatic rings. The zero-order chi connectivity index (χ0) is 14.1. The molecule has 0 amide bonds. The minimum Gasteiger partial charge on any atom is -0.355 e. The van der Waals surface area contributed by atoms with Crippen molar-refractivity contribution in [2.24, 2.45) is 10.8 Å². The lowest BCUT2D eigenvalue weighted by Gasteiger charge is -2.19. The number of fused-ring (bicyclic) bond motifs is 1. The predicted octanol–water partition coefficient (Wildman–Crippen LogP) is 1.69. The van der Waals surface area contributed by atoms with Crippen LogP contribution in [0.3, 0.4) is 0 Å². The van der Waals surface area contributed by atoms with Gasteiger partial charge in [-0.3, -0.25) is 9.99 Å². The molecule has 2 N–H and O–H groups in total. The van der Waals surface area contributed by atoms with Gasteiger partial charge in [0.1, 0.15) is 5.69 Å². The average Bonchev–Trinajstić information content (AvgIpc) is 2.93. The molecule has 0 radical (unpaired) electrons. The molecule has 6 heteroatoms. The number of hydrogen-bond acceptors (Lipinski definition) is 6. The predicted molar refractivity (Wildman–Crippen MR) is 78.1 cm³/mol. The summed E-state index contributed by atoms with van der Waals surface area (Å²) in [5.74, 6) is 0. The molecule has 0 saturated carbocycles. The van der Waals surface area contributed by atoms with E-state index >= 15 is 0 Å². The fourth-order valence-electron chi connectivity index (χ4n) is 2.35. The Morgan fingerprint density at radius 3 is 2.95 bits per heavy atom. The molecule has 6 nitrogen and oxygen atoms in total. The van der Waals surface area contributed by atoms with Crippen molar-refractivity contribution < 1.29 is 4.52 Å². The number of nitrogens with zero attached hydrogens (tertiary/aromatic N) is 4. The second kappa shape index (κ2) is 5.05. The number of hydrogen-bond donors (Lipinski definition) is 1. The van der Waals surface area contributed by atoms with Crippen LogP contribution in [0.15, 0.2) is 21.9 Å². The molecule has 104 valence electrons. The fraction of sp³-hybridized carbons (Fsp3) is 0.357. The van der Waals surface area contributed by atoms with E-state index in [-0.39, 0.29) is 0 Å². The summed E-state index contributed by atoms with van der Waals surface area (Å²) in [7, 11) is 0. The van der Waals surface area contributed by atoms with E-state index in [1.54, 1.807) is 0 Å². The number of aryl methyl sites for hydroxylation is 1. The number of rotatable bonds is 3. The van der Waals surface area contributed by atoms with Gasteiger partial charge in [-0.2, -0.15) is 5.10 Å². The van der Waals surface area contributed by atoms with E-state index in [2.05, 4.69) is 28.2 Å². The van der Waals surface area contributed by atoms with Crippen molar-refractivity contribution in [2.45, 2.75) is 20.4 Å². The molecule has 3 rings (SSSR count). The molecule has 0 bridgehead atoms. The molecule has 20 heavy (non-hydrogen) atoms. The van der Waals surface area contributed by atoms with Crippen molar-refractivity contribution in [1.29, 1.82) is 0 Å². The van der Waals surface area contributed by atoms with Crippen LogP contribution < -0.4 is 5.73 Å². The Morgan fingerprint density at radius 2 is 2.30 bits per heavy atom. The summed E-state index contributed by atoms with van der Waals surface area (Å²) in [5.41, 5.74) is 9.98. The van der Waals surface area contributed by atoms with Gasteiger partial charge in [-0.25, -0.2) is 0 Å². The standard InChI is InChI=1S/C14H17N5O/c1-3-19-5-4-10(7-17-19)11-8-16-9(2)13-12(6-15)18-20-14(11)13/h4,7-8H,3,5-6,15H2,1-2H3. The van der Waals surface area contributed by atoms with E-state index in [0.29, 0.717) is 6.54 Å². The number of allylic oxidation sites excluding steroid dienone is 1. The fourth-order valence-corrected chi connectivity index (χ4v) is 2.35. The molecule has 0 fully saturated rings. The maximum absolute atomic E-state index is 5.70. The highest BCUT2D eigenvalue weighted by Gasteiger charge is 2.17. The van der Waals surface area contributed by atoms with Crippen LogP contribution in [0.5, 0.6) is 0 Å². The minimum atomic E-state index is 0.343. The normalized spacial score (nSPS) is 14.9. The van der Waals surface area contributed by atoms with E-state index in [9.17, 15) is 0 Å². The first-order valence-corrected chi connectivity index (χ1v) is 6.68. The zero-order valence-electron chi connectivity index (χ0n) is 11.6. The number of likely N-dealkylation sites (N-methyl/N-ethyl adjacent to an activating group) is 1. The van der Waals surface area contributed by atoms with Gasteiger partial charge >= 0.3 is 0 Å².